The highest BCUT2D eigenvalue weighted by atomic mass is 16.5. The van der Waals surface area contributed by atoms with Crippen LogP contribution in [0.2, 0.25) is 0 Å². The van der Waals surface area contributed by atoms with Crippen LogP contribution in [0.15, 0.2) is 59.8 Å². The summed E-state index contributed by atoms with van der Waals surface area (Å²) in [5.41, 5.74) is 1.50. The third-order valence-corrected chi connectivity index (χ3v) is 5.41. The standard InChI is InChI=1S/C23H23N3O5/c1-15-19(23(30)26(21(15)28)14-16-6-3-2-4-7-16)24-18-9-5-8-17(20(18)27)22(29)25-10-12-31-13-11-25/h2-9,24,27H,10-14H2,1H3. The van der Waals surface area contributed by atoms with Crippen molar-refractivity contribution in [1.29, 1.82) is 0 Å². The van der Waals surface area contributed by atoms with Crippen LogP contribution in [0.25, 0.3) is 0 Å². The molecule has 8 nitrogen and oxygen atoms in total. The number of carbonyl (C=O) groups is 3. The molecule has 0 aromatic heterocycles. The molecule has 0 atom stereocenters. The number of hydrogen-bond donors (Lipinski definition) is 2. The van der Waals surface area contributed by atoms with Gasteiger partial charge in [0.2, 0.25) is 0 Å². The Labute approximate surface area is 179 Å². The van der Waals surface area contributed by atoms with Gasteiger partial charge in [0.15, 0.2) is 5.75 Å². The zero-order chi connectivity index (χ0) is 22.0. The van der Waals surface area contributed by atoms with E-state index in [9.17, 15) is 19.5 Å². The molecule has 1 saturated heterocycles. The Morgan fingerprint density at radius 1 is 1.03 bits per heavy atom. The van der Waals surface area contributed by atoms with Gasteiger partial charge in [0.25, 0.3) is 17.7 Å². The Morgan fingerprint density at radius 2 is 1.74 bits per heavy atom. The van der Waals surface area contributed by atoms with Gasteiger partial charge in [0.05, 0.1) is 31.0 Å². The number of morpholine rings is 1. The number of phenols is 1. The summed E-state index contributed by atoms with van der Waals surface area (Å²) in [6.45, 7) is 3.51. The SMILES string of the molecule is CC1=C(Nc2cccc(C(=O)N3CCOCC3)c2O)C(=O)N(Cc2ccccc2)C1=O. The predicted molar refractivity (Wildman–Crippen MR) is 113 cm³/mol. The summed E-state index contributed by atoms with van der Waals surface area (Å²) in [5.74, 6) is -1.44. The van der Waals surface area contributed by atoms with E-state index in [1.54, 1.807) is 24.0 Å². The van der Waals surface area contributed by atoms with Gasteiger partial charge in [0.1, 0.15) is 5.70 Å². The number of benzene rings is 2. The Morgan fingerprint density at radius 3 is 2.45 bits per heavy atom. The molecule has 2 aliphatic rings. The summed E-state index contributed by atoms with van der Waals surface area (Å²) in [6.07, 6.45) is 0. The second-order valence-corrected chi connectivity index (χ2v) is 7.41. The van der Waals surface area contributed by atoms with Gasteiger partial charge in [-0.3, -0.25) is 19.3 Å². The van der Waals surface area contributed by atoms with Crippen LogP contribution >= 0.6 is 0 Å². The van der Waals surface area contributed by atoms with Crippen molar-refractivity contribution in [2.45, 2.75) is 13.5 Å². The minimum absolute atomic E-state index is 0.0900. The molecule has 0 saturated carbocycles. The van der Waals surface area contributed by atoms with Crippen molar-refractivity contribution in [3.8, 4) is 5.75 Å². The fourth-order valence-corrected chi connectivity index (χ4v) is 3.64. The maximum absolute atomic E-state index is 12.9. The van der Waals surface area contributed by atoms with Crippen LogP contribution in [0.5, 0.6) is 5.75 Å². The Bertz CT molecular complexity index is 1060. The number of nitrogens with zero attached hydrogens (tertiary/aromatic N) is 2. The van der Waals surface area contributed by atoms with Gasteiger partial charge in [-0.1, -0.05) is 36.4 Å². The van der Waals surface area contributed by atoms with Gasteiger partial charge in [-0.15, -0.1) is 0 Å². The van der Waals surface area contributed by atoms with Crippen molar-refractivity contribution >= 4 is 23.4 Å². The van der Waals surface area contributed by atoms with Gasteiger partial charge in [-0.2, -0.15) is 0 Å². The van der Waals surface area contributed by atoms with Crippen LogP contribution in [0.4, 0.5) is 5.69 Å². The first-order valence-corrected chi connectivity index (χ1v) is 10.0. The minimum atomic E-state index is -0.476. The van der Waals surface area contributed by atoms with E-state index < -0.39 is 11.8 Å². The molecule has 3 amide bonds. The van der Waals surface area contributed by atoms with E-state index in [0.717, 1.165) is 10.5 Å². The maximum Gasteiger partial charge on any atom is 0.277 e. The number of phenolic OH excluding ortho intramolecular Hbond substituents is 1. The quantitative estimate of drug-likeness (QED) is 0.567. The molecule has 160 valence electrons. The minimum Gasteiger partial charge on any atom is -0.505 e. The summed E-state index contributed by atoms with van der Waals surface area (Å²) >= 11 is 0. The van der Waals surface area contributed by atoms with Crippen LogP contribution in [0.1, 0.15) is 22.8 Å². The lowest BCUT2D eigenvalue weighted by atomic mass is 10.1. The molecule has 0 bridgehead atoms. The van der Waals surface area contributed by atoms with Gasteiger partial charge in [-0.05, 0) is 24.6 Å². The Kier molecular flexibility index (Phi) is 5.73. The number of rotatable bonds is 5. The van der Waals surface area contributed by atoms with E-state index in [4.69, 9.17) is 4.74 Å². The van der Waals surface area contributed by atoms with Crippen molar-refractivity contribution in [3.05, 3.63) is 70.9 Å². The van der Waals surface area contributed by atoms with Gasteiger partial charge in [-0.25, -0.2) is 0 Å². The number of carbonyl (C=O) groups excluding carboxylic acids is 3. The van der Waals surface area contributed by atoms with Crippen LogP contribution in [-0.2, 0) is 20.9 Å². The van der Waals surface area contributed by atoms with Gasteiger partial charge in [0, 0.05) is 18.7 Å². The van der Waals surface area contributed by atoms with E-state index in [-0.39, 0.29) is 40.7 Å². The molecule has 0 unspecified atom stereocenters. The van der Waals surface area contributed by atoms with E-state index in [1.165, 1.54) is 6.07 Å². The lowest BCUT2D eigenvalue weighted by Gasteiger charge is -2.27. The number of imide groups is 1. The number of hydrogen-bond acceptors (Lipinski definition) is 6. The van der Waals surface area contributed by atoms with E-state index in [2.05, 4.69) is 5.32 Å². The average molecular weight is 421 g/mol. The first-order chi connectivity index (χ1) is 15.0. The van der Waals surface area contributed by atoms with Crippen LogP contribution in [0.3, 0.4) is 0 Å². The van der Waals surface area contributed by atoms with Crippen molar-refractivity contribution < 1.29 is 24.2 Å². The average Bonchev–Trinajstić information content (AvgIpc) is 2.99. The second-order valence-electron chi connectivity index (χ2n) is 7.41. The molecule has 0 aliphatic carbocycles. The van der Waals surface area contributed by atoms with E-state index >= 15 is 0 Å². The summed E-state index contributed by atoms with van der Waals surface area (Å²) in [5, 5.41) is 13.6. The fraction of sp³-hybridized carbons (Fsp3) is 0.261. The monoisotopic (exact) mass is 421 g/mol. The number of para-hydroxylation sites is 1. The van der Waals surface area contributed by atoms with E-state index in [1.807, 2.05) is 30.3 Å². The molecular weight excluding hydrogens is 398 g/mol. The molecule has 2 aromatic carbocycles. The second kappa shape index (κ2) is 8.61. The molecule has 2 heterocycles. The summed E-state index contributed by atoms with van der Waals surface area (Å²) < 4.78 is 5.27. The highest BCUT2D eigenvalue weighted by Crippen LogP contribution is 2.32. The van der Waals surface area contributed by atoms with Crippen molar-refractivity contribution in [1.82, 2.24) is 9.80 Å². The summed E-state index contributed by atoms with van der Waals surface area (Å²) in [7, 11) is 0. The van der Waals surface area contributed by atoms with E-state index in [0.29, 0.717) is 26.3 Å². The molecule has 2 N–H and O–H groups in total. The fourth-order valence-electron chi connectivity index (χ4n) is 3.64. The van der Waals surface area contributed by atoms with Gasteiger partial charge < -0.3 is 20.1 Å². The molecule has 2 aromatic rings. The van der Waals surface area contributed by atoms with Crippen molar-refractivity contribution in [3.63, 3.8) is 0 Å². The zero-order valence-electron chi connectivity index (χ0n) is 17.1. The first kappa shape index (κ1) is 20.6. The molecule has 8 heteroatoms. The number of amides is 3. The Hall–Kier alpha value is -3.65. The molecule has 2 aliphatic heterocycles. The smallest absolute Gasteiger partial charge is 0.277 e. The number of anilines is 1. The third kappa shape index (κ3) is 4.02. The number of nitrogens with one attached hydrogen (secondary N) is 1. The molecule has 0 spiro atoms. The van der Waals surface area contributed by atoms with Gasteiger partial charge >= 0.3 is 0 Å². The molecule has 4 rings (SSSR count). The number of aromatic hydroxyl groups is 1. The zero-order valence-corrected chi connectivity index (χ0v) is 17.1. The van der Waals surface area contributed by atoms with Crippen LogP contribution < -0.4 is 5.32 Å². The van der Waals surface area contributed by atoms with Crippen LogP contribution in [-0.4, -0.2) is 58.9 Å². The highest BCUT2D eigenvalue weighted by Gasteiger charge is 2.36. The summed E-state index contributed by atoms with van der Waals surface area (Å²) in [6, 6.07) is 13.9. The van der Waals surface area contributed by atoms with Crippen molar-refractivity contribution in [2.75, 3.05) is 31.6 Å². The molecule has 0 radical (unpaired) electrons. The lowest BCUT2D eigenvalue weighted by molar-refractivity contribution is -0.138. The topological polar surface area (TPSA) is 99.2 Å². The van der Waals surface area contributed by atoms with Crippen LogP contribution in [0, 0.1) is 0 Å². The predicted octanol–water partition coefficient (Wildman–Crippen LogP) is 2.12. The Balaban J connectivity index is 1.55. The number of ether oxygens (including phenoxy) is 1. The van der Waals surface area contributed by atoms with Crippen molar-refractivity contribution in [2.24, 2.45) is 0 Å². The molecular formula is C23H23N3O5. The third-order valence-electron chi connectivity index (χ3n) is 5.41. The highest BCUT2D eigenvalue weighted by molar-refractivity contribution is 6.20. The molecule has 1 fully saturated rings. The summed E-state index contributed by atoms with van der Waals surface area (Å²) in [4.78, 5) is 41.1. The normalized spacial score (nSPS) is 16.8. The first-order valence-electron chi connectivity index (χ1n) is 10.0. The molecule has 31 heavy (non-hydrogen) atoms. The lowest BCUT2D eigenvalue weighted by Crippen LogP contribution is -2.40. The maximum atomic E-state index is 12.9. The largest absolute Gasteiger partial charge is 0.505 e.